The molecule has 3 nitrogen and oxygen atoms in total. The Hall–Kier alpha value is -0.610. The number of hydrogen-bond acceptors (Lipinski definition) is 3. The number of rotatable bonds is 7. The zero-order valence-electron chi connectivity index (χ0n) is 11.2. The van der Waals surface area contributed by atoms with E-state index in [-0.39, 0.29) is 6.04 Å². The summed E-state index contributed by atoms with van der Waals surface area (Å²) in [4.78, 5) is 0. The van der Waals surface area contributed by atoms with Gasteiger partial charge in [0.1, 0.15) is 0 Å². The van der Waals surface area contributed by atoms with Crippen LogP contribution in [-0.2, 0) is 4.74 Å². The van der Waals surface area contributed by atoms with Crippen LogP contribution in [0.5, 0.6) is 0 Å². The second-order valence-corrected chi connectivity index (χ2v) is 5.22. The molecule has 0 amide bonds. The van der Waals surface area contributed by atoms with Gasteiger partial charge >= 0.3 is 0 Å². The summed E-state index contributed by atoms with van der Waals surface area (Å²) in [5.41, 5.74) is 0.867. The molecule has 0 aliphatic carbocycles. The summed E-state index contributed by atoms with van der Waals surface area (Å²) < 4.78 is 5.16. The van der Waals surface area contributed by atoms with Crippen LogP contribution in [0.15, 0.2) is 24.3 Å². The lowest BCUT2D eigenvalue weighted by Gasteiger charge is -2.23. The van der Waals surface area contributed by atoms with E-state index in [1.165, 1.54) is 0 Å². The van der Waals surface area contributed by atoms with E-state index < -0.39 is 6.10 Å². The summed E-state index contributed by atoms with van der Waals surface area (Å²) in [6, 6.07) is 7.51. The second kappa shape index (κ2) is 7.74. The molecule has 0 bridgehead atoms. The van der Waals surface area contributed by atoms with Crippen molar-refractivity contribution >= 4 is 11.6 Å². The van der Waals surface area contributed by atoms with Crippen molar-refractivity contribution in [3.8, 4) is 0 Å². The average molecular weight is 272 g/mol. The minimum Gasteiger partial charge on any atom is -0.387 e. The van der Waals surface area contributed by atoms with E-state index in [0.717, 1.165) is 5.56 Å². The molecule has 102 valence electrons. The fourth-order valence-corrected chi connectivity index (χ4v) is 1.86. The maximum Gasteiger partial charge on any atom is 0.0914 e. The normalized spacial score (nSPS) is 14.8. The summed E-state index contributed by atoms with van der Waals surface area (Å²) in [5, 5.41) is 14.1. The van der Waals surface area contributed by atoms with Crippen molar-refractivity contribution in [1.82, 2.24) is 5.32 Å². The van der Waals surface area contributed by atoms with E-state index in [9.17, 15) is 5.11 Å². The molecule has 4 heteroatoms. The van der Waals surface area contributed by atoms with Crippen LogP contribution in [0.4, 0.5) is 0 Å². The lowest BCUT2D eigenvalue weighted by Crippen LogP contribution is -2.39. The molecule has 1 aromatic carbocycles. The Morgan fingerprint density at radius 2 is 1.89 bits per heavy atom. The predicted molar refractivity (Wildman–Crippen MR) is 74.9 cm³/mol. The average Bonchev–Trinajstić information content (AvgIpc) is 2.34. The fraction of sp³-hybridized carbons (Fsp3) is 0.571. The van der Waals surface area contributed by atoms with Gasteiger partial charge in [-0.05, 0) is 23.6 Å². The molecule has 0 aliphatic heterocycles. The molecule has 0 aliphatic rings. The summed E-state index contributed by atoms with van der Waals surface area (Å²) >= 11 is 5.81. The Kier molecular flexibility index (Phi) is 6.65. The number of halogens is 1. The first kappa shape index (κ1) is 15.4. The Labute approximate surface area is 114 Å². The molecule has 2 unspecified atom stereocenters. The van der Waals surface area contributed by atoms with E-state index >= 15 is 0 Å². The van der Waals surface area contributed by atoms with Crippen molar-refractivity contribution in [2.75, 3.05) is 20.3 Å². The smallest absolute Gasteiger partial charge is 0.0914 e. The summed E-state index contributed by atoms with van der Waals surface area (Å²) in [5.74, 6) is 0.461. The minimum atomic E-state index is -0.527. The van der Waals surface area contributed by atoms with Gasteiger partial charge in [0.2, 0.25) is 0 Å². The Morgan fingerprint density at radius 3 is 2.39 bits per heavy atom. The van der Waals surface area contributed by atoms with Crippen molar-refractivity contribution in [3.63, 3.8) is 0 Å². The van der Waals surface area contributed by atoms with Crippen LogP contribution in [-0.4, -0.2) is 31.4 Å². The van der Waals surface area contributed by atoms with Gasteiger partial charge in [0.05, 0.1) is 12.7 Å². The SMILES string of the molecule is COCC(NCC(O)c1ccc(Cl)cc1)C(C)C. The van der Waals surface area contributed by atoms with E-state index in [2.05, 4.69) is 19.2 Å². The summed E-state index contributed by atoms with van der Waals surface area (Å²) in [7, 11) is 1.69. The van der Waals surface area contributed by atoms with Gasteiger partial charge < -0.3 is 15.2 Å². The Morgan fingerprint density at radius 1 is 1.28 bits per heavy atom. The predicted octanol–water partition coefficient (Wildman–Crippen LogP) is 2.63. The van der Waals surface area contributed by atoms with Crippen molar-refractivity contribution in [2.24, 2.45) is 5.92 Å². The molecule has 1 rings (SSSR count). The quantitative estimate of drug-likeness (QED) is 0.801. The molecule has 0 radical (unpaired) electrons. The van der Waals surface area contributed by atoms with Gasteiger partial charge in [-0.25, -0.2) is 0 Å². The number of nitrogens with one attached hydrogen (secondary N) is 1. The number of aliphatic hydroxyl groups excluding tert-OH is 1. The monoisotopic (exact) mass is 271 g/mol. The van der Waals surface area contributed by atoms with Crippen LogP contribution in [0.3, 0.4) is 0 Å². The minimum absolute atomic E-state index is 0.247. The Balaban J connectivity index is 2.48. The second-order valence-electron chi connectivity index (χ2n) is 4.78. The van der Waals surface area contributed by atoms with E-state index in [1.54, 1.807) is 19.2 Å². The fourth-order valence-electron chi connectivity index (χ4n) is 1.73. The molecule has 1 aromatic rings. The van der Waals surface area contributed by atoms with E-state index in [4.69, 9.17) is 16.3 Å². The molecule has 0 heterocycles. The molecule has 0 fully saturated rings. The zero-order valence-corrected chi connectivity index (χ0v) is 11.9. The molecular formula is C14H22ClNO2. The molecule has 18 heavy (non-hydrogen) atoms. The van der Waals surface area contributed by atoms with Gasteiger partial charge in [0.25, 0.3) is 0 Å². The third-order valence-corrected chi connectivity index (χ3v) is 3.23. The summed E-state index contributed by atoms with van der Waals surface area (Å²) in [6.45, 7) is 5.41. The third-order valence-electron chi connectivity index (χ3n) is 2.98. The highest BCUT2D eigenvalue weighted by Gasteiger charge is 2.15. The number of ether oxygens (including phenoxy) is 1. The molecule has 0 aromatic heterocycles. The van der Waals surface area contributed by atoms with Gasteiger partial charge in [0.15, 0.2) is 0 Å². The Bertz CT molecular complexity index is 340. The summed E-state index contributed by atoms with van der Waals surface area (Å²) in [6.07, 6.45) is -0.527. The molecule has 2 N–H and O–H groups in total. The van der Waals surface area contributed by atoms with Crippen LogP contribution in [0.1, 0.15) is 25.5 Å². The first-order valence-electron chi connectivity index (χ1n) is 6.20. The van der Waals surface area contributed by atoms with Crippen LogP contribution in [0.25, 0.3) is 0 Å². The lowest BCUT2D eigenvalue weighted by molar-refractivity contribution is 0.124. The maximum absolute atomic E-state index is 10.1. The van der Waals surface area contributed by atoms with Crippen LogP contribution >= 0.6 is 11.6 Å². The third kappa shape index (κ3) is 4.94. The number of hydrogen-bond donors (Lipinski definition) is 2. The van der Waals surface area contributed by atoms with E-state index in [1.807, 2.05) is 12.1 Å². The molecule has 0 saturated carbocycles. The highest BCUT2D eigenvalue weighted by Crippen LogP contribution is 2.16. The number of benzene rings is 1. The van der Waals surface area contributed by atoms with Crippen molar-refractivity contribution in [1.29, 1.82) is 0 Å². The molecule has 0 spiro atoms. The first-order valence-corrected chi connectivity index (χ1v) is 6.58. The van der Waals surface area contributed by atoms with Gasteiger partial charge in [-0.2, -0.15) is 0 Å². The highest BCUT2D eigenvalue weighted by atomic mass is 35.5. The standard InChI is InChI=1S/C14H22ClNO2/c1-10(2)13(9-18-3)16-8-14(17)11-4-6-12(15)7-5-11/h4-7,10,13-14,16-17H,8-9H2,1-3H3. The number of methoxy groups -OCH3 is 1. The van der Waals surface area contributed by atoms with Gasteiger partial charge in [0, 0.05) is 24.7 Å². The maximum atomic E-state index is 10.1. The molecular weight excluding hydrogens is 250 g/mol. The first-order chi connectivity index (χ1) is 8.54. The topological polar surface area (TPSA) is 41.5 Å². The van der Waals surface area contributed by atoms with Gasteiger partial charge in [-0.15, -0.1) is 0 Å². The lowest BCUT2D eigenvalue weighted by atomic mass is 10.0. The van der Waals surface area contributed by atoms with E-state index in [0.29, 0.717) is 24.1 Å². The highest BCUT2D eigenvalue weighted by molar-refractivity contribution is 6.30. The molecule has 0 saturated heterocycles. The number of aliphatic hydroxyl groups is 1. The van der Waals surface area contributed by atoms with Gasteiger partial charge in [-0.1, -0.05) is 37.6 Å². The van der Waals surface area contributed by atoms with Crippen molar-refractivity contribution < 1.29 is 9.84 Å². The van der Waals surface area contributed by atoms with Crippen LogP contribution in [0.2, 0.25) is 5.02 Å². The van der Waals surface area contributed by atoms with Gasteiger partial charge in [-0.3, -0.25) is 0 Å². The van der Waals surface area contributed by atoms with Crippen molar-refractivity contribution in [3.05, 3.63) is 34.9 Å². The van der Waals surface area contributed by atoms with Crippen molar-refractivity contribution in [2.45, 2.75) is 26.0 Å². The largest absolute Gasteiger partial charge is 0.387 e. The van der Waals surface area contributed by atoms with Crippen LogP contribution < -0.4 is 5.32 Å². The zero-order chi connectivity index (χ0) is 13.5. The van der Waals surface area contributed by atoms with Crippen LogP contribution in [0, 0.1) is 5.92 Å². The molecule has 2 atom stereocenters.